The Labute approximate surface area is 108 Å². The van der Waals surface area contributed by atoms with Gasteiger partial charge >= 0.3 is 0 Å². The topological polar surface area (TPSA) is 75.6 Å². The second-order valence-corrected chi connectivity index (χ2v) is 5.39. The van der Waals surface area contributed by atoms with Crippen molar-refractivity contribution >= 4 is 23.5 Å². The van der Waals surface area contributed by atoms with Crippen LogP contribution in [0.15, 0.2) is 12.4 Å². The largest absolute Gasteiger partial charge is 0.308 e. The molecule has 7 heteroatoms. The van der Waals surface area contributed by atoms with Crippen molar-refractivity contribution in [1.29, 1.82) is 0 Å². The number of aromatic amines is 1. The van der Waals surface area contributed by atoms with Crippen LogP contribution in [0.4, 0.5) is 5.82 Å². The van der Waals surface area contributed by atoms with Crippen molar-refractivity contribution in [2.45, 2.75) is 12.2 Å². The quantitative estimate of drug-likeness (QED) is 0.811. The predicted octanol–water partition coefficient (Wildman–Crippen LogP) is 1.23. The Kier molecular flexibility index (Phi) is 2.62. The fraction of sp³-hybridized carbons (Fsp3) is 0.364. The second-order valence-electron chi connectivity index (χ2n) is 4.30. The minimum absolute atomic E-state index is 0.0147. The van der Waals surface area contributed by atoms with E-state index in [4.69, 9.17) is 0 Å². The van der Waals surface area contributed by atoms with Crippen LogP contribution in [0.5, 0.6) is 0 Å². The van der Waals surface area contributed by atoms with Crippen molar-refractivity contribution in [3.05, 3.63) is 29.2 Å². The van der Waals surface area contributed by atoms with Gasteiger partial charge in [0.2, 0.25) is 5.91 Å². The molecule has 0 saturated carbocycles. The lowest BCUT2D eigenvalue weighted by Crippen LogP contribution is -2.12. The van der Waals surface area contributed by atoms with Crippen LogP contribution in [0.1, 0.15) is 22.1 Å². The van der Waals surface area contributed by atoms with E-state index in [1.165, 1.54) is 0 Å². The van der Waals surface area contributed by atoms with E-state index in [0.717, 1.165) is 16.8 Å². The van der Waals surface area contributed by atoms with Crippen LogP contribution in [0.25, 0.3) is 0 Å². The summed E-state index contributed by atoms with van der Waals surface area (Å²) in [6, 6.07) is 0. The predicted molar refractivity (Wildman–Crippen MR) is 69.5 cm³/mol. The summed E-state index contributed by atoms with van der Waals surface area (Å²) in [5, 5.41) is 14.2. The van der Waals surface area contributed by atoms with Gasteiger partial charge in [0.05, 0.1) is 17.2 Å². The van der Waals surface area contributed by atoms with E-state index in [9.17, 15) is 4.79 Å². The maximum absolute atomic E-state index is 11.6. The molecule has 2 aromatic rings. The van der Waals surface area contributed by atoms with Crippen molar-refractivity contribution < 1.29 is 4.79 Å². The maximum atomic E-state index is 11.6. The van der Waals surface area contributed by atoms with Gasteiger partial charge in [0.15, 0.2) is 5.82 Å². The Morgan fingerprint density at radius 1 is 1.56 bits per heavy atom. The van der Waals surface area contributed by atoms with Gasteiger partial charge < -0.3 is 5.32 Å². The Bertz CT molecular complexity index is 602. The van der Waals surface area contributed by atoms with Crippen molar-refractivity contribution in [1.82, 2.24) is 20.0 Å². The Hall–Kier alpha value is -1.76. The smallest absolute Gasteiger partial charge is 0.235 e. The van der Waals surface area contributed by atoms with Gasteiger partial charge in [0.1, 0.15) is 0 Å². The molecule has 0 fully saturated rings. The number of thioether (sulfide) groups is 1. The lowest BCUT2D eigenvalue weighted by Gasteiger charge is -2.12. The molecular weight excluding hydrogens is 250 g/mol. The summed E-state index contributed by atoms with van der Waals surface area (Å²) < 4.78 is 1.77. The van der Waals surface area contributed by atoms with Crippen LogP contribution in [-0.4, -0.2) is 31.6 Å². The molecule has 0 spiro atoms. The van der Waals surface area contributed by atoms with E-state index in [1.54, 1.807) is 16.4 Å². The van der Waals surface area contributed by atoms with E-state index in [2.05, 4.69) is 20.6 Å². The molecule has 1 atom stereocenters. The van der Waals surface area contributed by atoms with Gasteiger partial charge in [0, 0.05) is 30.1 Å². The number of hydrogen-bond acceptors (Lipinski definition) is 4. The summed E-state index contributed by atoms with van der Waals surface area (Å²) in [6.45, 7) is 1.97. The summed E-state index contributed by atoms with van der Waals surface area (Å²) in [5.41, 5.74) is 3.11. The van der Waals surface area contributed by atoms with Gasteiger partial charge in [0.25, 0.3) is 0 Å². The average molecular weight is 263 g/mol. The number of H-pyrrole nitrogens is 1. The highest BCUT2D eigenvalue weighted by Crippen LogP contribution is 2.41. The van der Waals surface area contributed by atoms with Gasteiger partial charge in [-0.1, -0.05) is 0 Å². The normalized spacial score (nSPS) is 19.2. The van der Waals surface area contributed by atoms with Crippen LogP contribution in [-0.2, 0) is 11.8 Å². The van der Waals surface area contributed by atoms with Crippen LogP contribution in [0.2, 0.25) is 0 Å². The molecule has 0 saturated heterocycles. The lowest BCUT2D eigenvalue weighted by molar-refractivity contribution is -0.113. The highest BCUT2D eigenvalue weighted by molar-refractivity contribution is 8.00. The number of aryl methyl sites for hydroxylation is 2. The van der Waals surface area contributed by atoms with Gasteiger partial charge in [-0.15, -0.1) is 11.8 Å². The monoisotopic (exact) mass is 263 g/mol. The maximum Gasteiger partial charge on any atom is 0.235 e. The minimum Gasteiger partial charge on any atom is -0.308 e. The Balaban J connectivity index is 2.09. The molecule has 2 aromatic heterocycles. The number of anilines is 1. The zero-order valence-corrected chi connectivity index (χ0v) is 10.9. The highest BCUT2D eigenvalue weighted by atomic mass is 32.2. The molecule has 18 heavy (non-hydrogen) atoms. The van der Waals surface area contributed by atoms with E-state index in [-0.39, 0.29) is 11.2 Å². The Morgan fingerprint density at radius 3 is 3.11 bits per heavy atom. The number of hydrogen-bond donors (Lipinski definition) is 2. The lowest BCUT2D eigenvalue weighted by atomic mass is 10.1. The third-order valence-electron chi connectivity index (χ3n) is 2.92. The zero-order chi connectivity index (χ0) is 12.7. The molecule has 1 amide bonds. The first-order valence-corrected chi connectivity index (χ1v) is 6.65. The third-order valence-corrected chi connectivity index (χ3v) is 4.19. The molecule has 3 heterocycles. The molecule has 1 aliphatic rings. The van der Waals surface area contributed by atoms with Crippen LogP contribution in [0, 0.1) is 6.92 Å². The highest BCUT2D eigenvalue weighted by Gasteiger charge is 2.28. The standard InChI is InChI=1S/C11H13N5OS/c1-6-9-10(7-3-12-16(2)4-7)18-5-8(17)13-11(9)15-14-6/h3-4,10H,5H2,1-2H3,(H2,13,14,15,17)/t10-/m1/s1. The second kappa shape index (κ2) is 4.16. The third kappa shape index (κ3) is 1.80. The Morgan fingerprint density at radius 2 is 2.39 bits per heavy atom. The summed E-state index contributed by atoms with van der Waals surface area (Å²) in [4.78, 5) is 11.6. The van der Waals surface area contributed by atoms with Crippen molar-refractivity contribution in [2.24, 2.45) is 7.05 Å². The fourth-order valence-corrected chi connectivity index (χ4v) is 3.26. The molecule has 0 unspecified atom stereocenters. The fourth-order valence-electron chi connectivity index (χ4n) is 2.10. The number of rotatable bonds is 1. The van der Waals surface area contributed by atoms with Crippen LogP contribution in [0.3, 0.4) is 0 Å². The SMILES string of the molecule is Cc1[nH]nc2c1[C@@H](c1cnn(C)c1)SCC(=O)N2. The van der Waals surface area contributed by atoms with Gasteiger partial charge in [-0.3, -0.25) is 14.6 Å². The van der Waals surface area contributed by atoms with Gasteiger partial charge in [-0.25, -0.2) is 0 Å². The number of aromatic nitrogens is 4. The molecule has 0 aliphatic carbocycles. The number of nitrogens with zero attached hydrogens (tertiary/aromatic N) is 3. The molecule has 0 bridgehead atoms. The molecule has 1 aliphatic heterocycles. The minimum atomic E-state index is -0.0147. The van der Waals surface area contributed by atoms with Crippen molar-refractivity contribution in [3.63, 3.8) is 0 Å². The molecule has 2 N–H and O–H groups in total. The molecule has 94 valence electrons. The van der Waals surface area contributed by atoms with Gasteiger partial charge in [-0.2, -0.15) is 10.2 Å². The molecule has 6 nitrogen and oxygen atoms in total. The number of carbonyl (C=O) groups excluding carboxylic acids is 1. The molecule has 3 rings (SSSR count). The van der Waals surface area contributed by atoms with Crippen molar-refractivity contribution in [2.75, 3.05) is 11.1 Å². The molecule has 0 aromatic carbocycles. The van der Waals surface area contributed by atoms with Crippen LogP contribution < -0.4 is 5.32 Å². The van der Waals surface area contributed by atoms with E-state index in [0.29, 0.717) is 11.6 Å². The van der Waals surface area contributed by atoms with E-state index in [1.807, 2.05) is 26.4 Å². The molecule has 0 radical (unpaired) electrons. The number of carbonyl (C=O) groups is 1. The van der Waals surface area contributed by atoms with E-state index >= 15 is 0 Å². The number of amides is 1. The number of fused-ring (bicyclic) bond motifs is 1. The summed E-state index contributed by atoms with van der Waals surface area (Å²) in [6.07, 6.45) is 3.81. The van der Waals surface area contributed by atoms with Gasteiger partial charge in [-0.05, 0) is 6.92 Å². The van der Waals surface area contributed by atoms with Crippen molar-refractivity contribution in [3.8, 4) is 0 Å². The van der Waals surface area contributed by atoms with Crippen LogP contribution >= 0.6 is 11.8 Å². The zero-order valence-electron chi connectivity index (χ0n) is 10.1. The number of nitrogens with one attached hydrogen (secondary N) is 2. The first kappa shape index (κ1) is 11.3. The first-order valence-electron chi connectivity index (χ1n) is 5.60. The first-order chi connectivity index (χ1) is 8.65. The summed E-state index contributed by atoms with van der Waals surface area (Å²) >= 11 is 1.59. The summed E-state index contributed by atoms with van der Waals surface area (Å²) in [7, 11) is 1.89. The molecular formula is C11H13N5OS. The van der Waals surface area contributed by atoms with E-state index < -0.39 is 0 Å². The summed E-state index contributed by atoms with van der Waals surface area (Å²) in [5.74, 6) is 1.05. The average Bonchev–Trinajstić information content (AvgIpc) is 2.84.